The summed E-state index contributed by atoms with van der Waals surface area (Å²) in [7, 11) is -1.20. The molecular formula is C16H23F2NO2S. The number of hydrogen-bond donors (Lipinski definition) is 0. The van der Waals surface area contributed by atoms with Crippen LogP contribution in [-0.4, -0.2) is 34.5 Å². The van der Waals surface area contributed by atoms with Crippen molar-refractivity contribution in [2.45, 2.75) is 38.6 Å². The average Bonchev–Trinajstić information content (AvgIpc) is 2.50. The molecule has 2 rings (SSSR count). The lowest BCUT2D eigenvalue weighted by Crippen LogP contribution is -2.26. The molecule has 1 unspecified atom stereocenters. The largest absolute Gasteiger partial charge is 0.381 e. The van der Waals surface area contributed by atoms with Crippen molar-refractivity contribution < 1.29 is 17.7 Å². The van der Waals surface area contributed by atoms with Gasteiger partial charge in [0.05, 0.1) is 17.6 Å². The van der Waals surface area contributed by atoms with Crippen molar-refractivity contribution in [3.8, 4) is 0 Å². The van der Waals surface area contributed by atoms with E-state index in [1.807, 2.05) is 6.92 Å². The second-order valence-corrected chi connectivity index (χ2v) is 7.03. The first-order valence-electron chi connectivity index (χ1n) is 7.67. The normalized spacial score (nSPS) is 20.3. The Balaban J connectivity index is 2.19. The molecule has 1 aromatic carbocycles. The Hall–Kier alpha value is -0.850. The lowest BCUT2D eigenvalue weighted by molar-refractivity contribution is 0.0793. The molecule has 0 saturated carbocycles. The molecule has 124 valence electrons. The Morgan fingerprint density at radius 3 is 2.73 bits per heavy atom. The summed E-state index contributed by atoms with van der Waals surface area (Å²) in [6, 6.07) is 2.53. The van der Waals surface area contributed by atoms with Crippen LogP contribution in [0.1, 0.15) is 43.2 Å². The predicted molar refractivity (Wildman–Crippen MR) is 83.9 cm³/mol. The molecular weight excluding hydrogens is 308 g/mol. The van der Waals surface area contributed by atoms with E-state index < -0.39 is 22.6 Å². The van der Waals surface area contributed by atoms with Crippen LogP contribution in [0.5, 0.6) is 0 Å². The van der Waals surface area contributed by atoms with Crippen LogP contribution in [0.2, 0.25) is 0 Å². The van der Waals surface area contributed by atoms with Gasteiger partial charge in [0.25, 0.3) is 0 Å². The lowest BCUT2D eigenvalue weighted by atomic mass is 9.92. The summed E-state index contributed by atoms with van der Waals surface area (Å²) < 4.78 is 47.3. The topological polar surface area (TPSA) is 29.5 Å². The molecule has 0 spiro atoms. The molecule has 2 atom stereocenters. The fraction of sp³-hybridized carbons (Fsp3) is 0.625. The minimum absolute atomic E-state index is 0.0793. The number of rotatable bonds is 6. The van der Waals surface area contributed by atoms with Crippen LogP contribution in [0.3, 0.4) is 0 Å². The molecule has 1 aromatic rings. The SMILES string of the molecule is CCCN(Cc1cc(F)c([C@@H]2CCCOC2)cc1F)S(C)=O. The molecule has 22 heavy (non-hydrogen) atoms. The van der Waals surface area contributed by atoms with E-state index >= 15 is 0 Å². The van der Waals surface area contributed by atoms with Crippen LogP contribution in [0.25, 0.3) is 0 Å². The minimum atomic E-state index is -1.20. The zero-order valence-corrected chi connectivity index (χ0v) is 13.9. The summed E-state index contributed by atoms with van der Waals surface area (Å²) >= 11 is 0. The average molecular weight is 331 g/mol. The number of halogens is 2. The van der Waals surface area contributed by atoms with Crippen LogP contribution in [-0.2, 0) is 22.3 Å². The number of benzene rings is 1. The van der Waals surface area contributed by atoms with Gasteiger partial charge in [0.2, 0.25) is 0 Å². The monoisotopic (exact) mass is 331 g/mol. The molecule has 0 radical (unpaired) electrons. The third-order valence-corrected chi connectivity index (χ3v) is 4.99. The number of hydrogen-bond acceptors (Lipinski definition) is 2. The molecule has 0 bridgehead atoms. The Morgan fingerprint density at radius 1 is 1.36 bits per heavy atom. The van der Waals surface area contributed by atoms with Crippen LogP contribution in [0.4, 0.5) is 8.78 Å². The molecule has 6 heteroatoms. The van der Waals surface area contributed by atoms with E-state index in [-0.39, 0.29) is 18.0 Å². The Morgan fingerprint density at radius 2 is 2.14 bits per heavy atom. The second kappa shape index (κ2) is 8.13. The fourth-order valence-electron chi connectivity index (χ4n) is 2.76. The van der Waals surface area contributed by atoms with Gasteiger partial charge in [-0.3, -0.25) is 0 Å². The van der Waals surface area contributed by atoms with Crippen molar-refractivity contribution in [1.29, 1.82) is 0 Å². The van der Waals surface area contributed by atoms with Gasteiger partial charge in [0.1, 0.15) is 11.6 Å². The summed E-state index contributed by atoms with van der Waals surface area (Å²) in [5.41, 5.74) is 0.641. The molecule has 1 saturated heterocycles. The van der Waals surface area contributed by atoms with E-state index in [1.54, 1.807) is 10.6 Å². The Labute approximate surface area is 133 Å². The lowest BCUT2D eigenvalue weighted by Gasteiger charge is -2.24. The maximum atomic E-state index is 14.3. The van der Waals surface area contributed by atoms with Crippen molar-refractivity contribution in [3.05, 3.63) is 34.9 Å². The van der Waals surface area contributed by atoms with Gasteiger partial charge in [-0.2, -0.15) is 0 Å². The smallest absolute Gasteiger partial charge is 0.128 e. The molecule has 3 nitrogen and oxygen atoms in total. The van der Waals surface area contributed by atoms with Gasteiger partial charge in [0.15, 0.2) is 0 Å². The van der Waals surface area contributed by atoms with Crippen LogP contribution in [0, 0.1) is 11.6 Å². The molecule has 1 heterocycles. The number of nitrogens with zero attached hydrogens (tertiary/aromatic N) is 1. The summed E-state index contributed by atoms with van der Waals surface area (Å²) in [4.78, 5) is 0. The first-order chi connectivity index (χ1) is 10.5. The van der Waals surface area contributed by atoms with Crippen molar-refractivity contribution >= 4 is 11.0 Å². The van der Waals surface area contributed by atoms with Gasteiger partial charge in [-0.25, -0.2) is 17.3 Å². The molecule has 1 fully saturated rings. The van der Waals surface area contributed by atoms with E-state index in [0.717, 1.165) is 19.3 Å². The van der Waals surface area contributed by atoms with E-state index in [1.165, 1.54) is 12.1 Å². The first-order valence-corrected chi connectivity index (χ1v) is 9.18. The highest BCUT2D eigenvalue weighted by Gasteiger charge is 2.22. The summed E-state index contributed by atoms with van der Waals surface area (Å²) in [6.45, 7) is 3.83. The standard InChI is InChI=1S/C16H23F2NO2S/c1-3-6-19(22(2)20)10-13-8-16(18)14(9-15(13)17)12-5-4-7-21-11-12/h8-9,12H,3-7,10-11H2,1-2H3/t12-,22?/m1/s1. The highest BCUT2D eigenvalue weighted by atomic mass is 32.2. The van der Waals surface area contributed by atoms with Crippen molar-refractivity contribution in [3.63, 3.8) is 0 Å². The first kappa shape index (κ1) is 17.5. The van der Waals surface area contributed by atoms with Crippen molar-refractivity contribution in [2.24, 2.45) is 0 Å². The van der Waals surface area contributed by atoms with Gasteiger partial charge >= 0.3 is 0 Å². The molecule has 0 amide bonds. The maximum Gasteiger partial charge on any atom is 0.128 e. The summed E-state index contributed by atoms with van der Waals surface area (Å²) in [5, 5.41) is 0. The summed E-state index contributed by atoms with van der Waals surface area (Å²) in [5.74, 6) is -0.914. The zero-order chi connectivity index (χ0) is 16.1. The third-order valence-electron chi connectivity index (χ3n) is 3.95. The highest BCUT2D eigenvalue weighted by Crippen LogP contribution is 2.29. The third kappa shape index (κ3) is 4.33. The minimum Gasteiger partial charge on any atom is -0.381 e. The van der Waals surface area contributed by atoms with Crippen LogP contribution in [0.15, 0.2) is 12.1 Å². The predicted octanol–water partition coefficient (Wildman–Crippen LogP) is 3.36. The number of ether oxygens (including phenoxy) is 1. The van der Waals surface area contributed by atoms with Gasteiger partial charge in [-0.1, -0.05) is 6.92 Å². The molecule has 0 aliphatic carbocycles. The fourth-order valence-corrected chi connectivity index (χ4v) is 3.52. The second-order valence-electron chi connectivity index (χ2n) is 5.67. The zero-order valence-electron chi connectivity index (χ0n) is 13.1. The van der Waals surface area contributed by atoms with E-state index in [9.17, 15) is 13.0 Å². The van der Waals surface area contributed by atoms with E-state index in [2.05, 4.69) is 0 Å². The van der Waals surface area contributed by atoms with Crippen molar-refractivity contribution in [1.82, 2.24) is 4.31 Å². The maximum absolute atomic E-state index is 14.3. The molecule has 1 aliphatic heterocycles. The molecule has 0 N–H and O–H groups in total. The van der Waals surface area contributed by atoms with Crippen molar-refractivity contribution in [2.75, 3.05) is 26.0 Å². The van der Waals surface area contributed by atoms with Crippen LogP contribution < -0.4 is 0 Å². The summed E-state index contributed by atoms with van der Waals surface area (Å²) in [6.07, 6.45) is 4.04. The molecule has 1 aliphatic rings. The Bertz CT molecular complexity index is 533. The quantitative estimate of drug-likeness (QED) is 0.800. The van der Waals surface area contributed by atoms with Gasteiger partial charge in [-0.15, -0.1) is 0 Å². The van der Waals surface area contributed by atoms with Gasteiger partial charge in [-0.05, 0) is 37.0 Å². The van der Waals surface area contributed by atoms with Gasteiger partial charge in [0, 0.05) is 37.4 Å². The highest BCUT2D eigenvalue weighted by molar-refractivity contribution is 7.81. The van der Waals surface area contributed by atoms with Gasteiger partial charge < -0.3 is 4.74 Å². The molecule has 0 aromatic heterocycles. The Kier molecular flexibility index (Phi) is 6.47. The van der Waals surface area contributed by atoms with E-state index in [4.69, 9.17) is 4.74 Å². The van der Waals surface area contributed by atoms with E-state index in [0.29, 0.717) is 25.3 Å². The van der Waals surface area contributed by atoms with Crippen LogP contribution >= 0.6 is 0 Å².